The molecule has 0 unspecified atom stereocenters. The van der Waals surface area contributed by atoms with Crippen LogP contribution in [0.1, 0.15) is 524 Å². The summed E-state index contributed by atoms with van der Waals surface area (Å²) in [5.41, 5.74) is 7.98. The van der Waals surface area contributed by atoms with E-state index >= 15 is 0 Å². The molecule has 0 atom stereocenters. The van der Waals surface area contributed by atoms with Crippen LogP contribution in [-0.4, -0.2) is 75.5 Å². The molecule has 9 aromatic rings. The summed E-state index contributed by atoms with van der Waals surface area (Å²) in [4.78, 5) is 19.3. The molecular formula is C113H205N15O7. The summed E-state index contributed by atoms with van der Waals surface area (Å²) in [6.07, 6.45) is 24.1. The lowest BCUT2D eigenvalue weighted by Crippen LogP contribution is -2.15. The number of nitrogens with zero attached hydrogens (tertiary/aromatic N) is 15. The molecule has 774 valence electrons. The second kappa shape index (κ2) is 50.1. The van der Waals surface area contributed by atoms with E-state index in [9.17, 15) is 0 Å². The van der Waals surface area contributed by atoms with Crippen molar-refractivity contribution in [3.8, 4) is 0 Å². The molecule has 22 heteroatoms. The van der Waals surface area contributed by atoms with E-state index in [2.05, 4.69) is 458 Å². The highest BCUT2D eigenvalue weighted by atomic mass is 16.5. The van der Waals surface area contributed by atoms with Crippen molar-refractivity contribution in [3.63, 3.8) is 0 Å². The van der Waals surface area contributed by atoms with Gasteiger partial charge in [0.05, 0.1) is 42.3 Å². The average Bonchev–Trinajstić information content (AvgIpc) is 1.76. The van der Waals surface area contributed by atoms with E-state index < -0.39 is 0 Å². The first-order valence-electron chi connectivity index (χ1n) is 50.4. The van der Waals surface area contributed by atoms with Crippen LogP contribution < -0.4 is 0 Å². The van der Waals surface area contributed by atoms with Gasteiger partial charge >= 0.3 is 0 Å². The zero-order chi connectivity index (χ0) is 105. The number of hydrogen-bond donors (Lipinski definition) is 0. The van der Waals surface area contributed by atoms with E-state index in [1.165, 1.54) is 12.0 Å². The van der Waals surface area contributed by atoms with Gasteiger partial charge in [0.1, 0.15) is 29.4 Å². The maximum atomic E-state index is 5.73. The van der Waals surface area contributed by atoms with E-state index in [4.69, 9.17) is 31.3 Å². The number of oxazole rings is 1. The van der Waals surface area contributed by atoms with Gasteiger partial charge in [0, 0.05) is 101 Å². The summed E-state index contributed by atoms with van der Waals surface area (Å²) < 4.78 is 40.0. The van der Waals surface area contributed by atoms with Crippen LogP contribution in [0.25, 0.3) is 0 Å². The summed E-state index contributed by atoms with van der Waals surface area (Å²) in [6.45, 7) is 120. The van der Waals surface area contributed by atoms with Gasteiger partial charge < -0.3 is 31.3 Å². The molecule has 0 saturated carbocycles. The van der Waals surface area contributed by atoms with Gasteiger partial charge in [-0.3, -0.25) is 4.68 Å². The molecule has 9 aromatic heterocycles. The first kappa shape index (κ1) is 126. The third-order valence-corrected chi connectivity index (χ3v) is 21.1. The van der Waals surface area contributed by atoms with Crippen LogP contribution in [0, 0.1) is 48.7 Å². The van der Waals surface area contributed by atoms with Gasteiger partial charge in [-0.1, -0.05) is 395 Å². The third kappa shape index (κ3) is 59.6. The lowest BCUT2D eigenvalue weighted by molar-refractivity contribution is 0.315. The number of rotatable bonds is 18. The van der Waals surface area contributed by atoms with E-state index in [0.29, 0.717) is 48.7 Å². The second-order valence-corrected chi connectivity index (χ2v) is 57.8. The molecule has 0 spiro atoms. The van der Waals surface area contributed by atoms with E-state index in [-0.39, 0.29) is 48.7 Å². The largest absolute Gasteiger partial charge is 0.469 e. The molecule has 0 fully saturated rings. The van der Waals surface area contributed by atoms with Crippen LogP contribution in [0.5, 0.6) is 0 Å². The minimum Gasteiger partial charge on any atom is -0.469 e. The maximum absolute atomic E-state index is 5.73. The molecule has 0 aliphatic carbocycles. The molecule has 0 amide bonds. The molecule has 9 rings (SSSR count). The molecule has 0 aliphatic rings. The summed E-state index contributed by atoms with van der Waals surface area (Å²) >= 11 is 0. The Kier molecular flexibility index (Phi) is 46.7. The van der Waals surface area contributed by atoms with E-state index in [0.717, 1.165) is 196 Å². The quantitative estimate of drug-likeness (QED) is 0.0772. The Labute approximate surface area is 825 Å². The normalized spacial score (nSPS) is 13.2. The van der Waals surface area contributed by atoms with Crippen molar-refractivity contribution >= 4 is 0 Å². The lowest BCUT2D eigenvalue weighted by Gasteiger charge is -2.17. The fourth-order valence-electron chi connectivity index (χ4n) is 11.0. The fraction of sp³-hybridized carbons (Fsp3) is 0.796. The number of aromatic nitrogens is 15. The molecule has 9 heterocycles. The topological polar surface area (TPSA) is 269 Å². The van der Waals surface area contributed by atoms with Crippen molar-refractivity contribution in [2.24, 2.45) is 48.7 Å². The van der Waals surface area contributed by atoms with Crippen LogP contribution >= 0.6 is 0 Å². The van der Waals surface area contributed by atoms with Crippen LogP contribution in [0.3, 0.4) is 0 Å². The first-order valence-corrected chi connectivity index (χ1v) is 50.4. The van der Waals surface area contributed by atoms with Crippen molar-refractivity contribution in [1.82, 2.24) is 75.5 Å². The molecule has 0 saturated heterocycles. The monoisotopic (exact) mass is 1880 g/mol. The van der Waals surface area contributed by atoms with E-state index in [1.54, 1.807) is 0 Å². The lowest BCUT2D eigenvalue weighted by atomic mass is 9.87. The highest BCUT2D eigenvalue weighted by molar-refractivity contribution is 5.21. The van der Waals surface area contributed by atoms with Gasteiger partial charge in [0.2, 0.25) is 23.6 Å². The highest BCUT2D eigenvalue weighted by Crippen LogP contribution is 2.35. The Morgan fingerprint density at radius 1 is 0.281 bits per heavy atom. The third-order valence-electron chi connectivity index (χ3n) is 21.1. The Hall–Kier alpha value is -7.39. The molecule has 0 radical (unpaired) electrons. The number of hydrogen-bond acceptors (Lipinski definition) is 20. The van der Waals surface area contributed by atoms with Crippen LogP contribution in [-0.2, 0) is 107 Å². The minimum atomic E-state index is -0.0486. The Bertz CT molecular complexity index is 3770. The van der Waals surface area contributed by atoms with Crippen LogP contribution in [0.2, 0.25) is 0 Å². The van der Waals surface area contributed by atoms with E-state index in [1.807, 2.05) is 34.5 Å². The van der Waals surface area contributed by atoms with Crippen molar-refractivity contribution in [2.75, 3.05) is 0 Å². The van der Waals surface area contributed by atoms with Crippen LogP contribution in [0.15, 0.2) is 74.5 Å². The van der Waals surface area contributed by atoms with Crippen molar-refractivity contribution in [1.29, 1.82) is 0 Å². The van der Waals surface area contributed by atoms with Gasteiger partial charge in [-0.15, -0.1) is 10.2 Å². The second-order valence-electron chi connectivity index (χ2n) is 57.8. The fourth-order valence-corrected chi connectivity index (χ4v) is 11.0. The Balaban J connectivity index is 0.000000759. The molecule has 0 aliphatic heterocycles. The smallest absolute Gasteiger partial charge is 0.232 e. The molecular weight excluding hydrogens is 1680 g/mol. The number of furan rings is 1. The van der Waals surface area contributed by atoms with Crippen molar-refractivity contribution < 1.29 is 31.3 Å². The Morgan fingerprint density at radius 3 is 1.10 bits per heavy atom. The zero-order valence-corrected chi connectivity index (χ0v) is 97.3. The molecule has 22 nitrogen and oxygen atoms in total. The SMILES string of the molecule is CC(C)(C)CCc1cc(C(C)(C)C)co1.CC(C)(C)CCc1cc(C(C)(C)C)no1.CC(C)(C)CCc1cc(C(C)(C)C)on1.CC(C)(C)CCc1cnc(C(C)(C)C)o1.CC(C)(C)CCc1nc(C(C)(C)C)no1.CC(C)(C)CCc1nnc(C(C)(C)C)o1.CC(C)(C)CCc1noc(C(C)(C)C)n1.CC(C)(C)CCn1cnc(C(C)(C)C)n1.CC(C)(C)CCn1ncc(C(C)(C)C)n1. The van der Waals surface area contributed by atoms with Gasteiger partial charge in [-0.25, -0.2) is 9.97 Å². The number of aryl methyl sites for hydroxylation is 9. The minimum absolute atomic E-state index is 0.0139. The van der Waals surface area contributed by atoms with Gasteiger partial charge in [0.25, 0.3) is 0 Å². The highest BCUT2D eigenvalue weighted by Gasteiger charge is 2.30. The summed E-state index contributed by atoms with van der Waals surface area (Å²) in [5, 5.41) is 37.6. The van der Waals surface area contributed by atoms with Crippen LogP contribution in [0.4, 0.5) is 0 Å². The summed E-state index contributed by atoms with van der Waals surface area (Å²) in [5.74, 6) is 10.5. The van der Waals surface area contributed by atoms with Crippen molar-refractivity contribution in [2.45, 2.75) is 538 Å². The van der Waals surface area contributed by atoms with Gasteiger partial charge in [-0.05, 0) is 130 Å². The summed E-state index contributed by atoms with van der Waals surface area (Å²) in [6, 6.07) is 6.38. The molecule has 135 heavy (non-hydrogen) atoms. The Morgan fingerprint density at radius 2 is 0.719 bits per heavy atom. The maximum Gasteiger partial charge on any atom is 0.232 e. The predicted molar refractivity (Wildman–Crippen MR) is 562 cm³/mol. The first-order chi connectivity index (χ1) is 60.2. The summed E-state index contributed by atoms with van der Waals surface area (Å²) in [7, 11) is 0. The molecule has 0 bridgehead atoms. The zero-order valence-electron chi connectivity index (χ0n) is 97.3. The van der Waals surface area contributed by atoms with Gasteiger partial charge in [0.15, 0.2) is 23.4 Å². The predicted octanol–water partition coefficient (Wildman–Crippen LogP) is 32.5. The average molecular weight is 1890 g/mol. The molecule has 0 N–H and O–H groups in total. The standard InChI is InChI=1S/C14H24O.3C13H23NO.2C12H23N3.3C12H22N2O/c1-13(2,3)8-7-12-9-11(10-15-12)14(4,5)6;1-12(2,3)8-7-10-9-14-11(15-10)13(4,5)6;1-12(2,3)8-7-10-9-11(14-15-10)13(4,5)6;1-12(2,3)8-7-10-9-11(15-14-10)13(4,5)6;1-11(2,3)7-8-15-9-13-10(14-15)12(4,5)6;1-11(2,3)7-8-15-13-9-10(14-15)12(4,5)6;1-11(2,3)8-7-9-13-14-10(15-9)12(4,5)6;1-11(2,3)8-7-9-13-10(14-15-9)12(4,5)6;1-11(2,3)8-7-9-13-10(15-14-9)12(4,5)6/h9-10H,7-8H2,1-6H3;5*9H,7-8H2,1-6H3;3*7-8H2,1-6H3. The van der Waals surface area contributed by atoms with Gasteiger partial charge in [-0.2, -0.15) is 30.1 Å². The van der Waals surface area contributed by atoms with Crippen molar-refractivity contribution in [3.05, 3.63) is 136 Å². The molecule has 0 aromatic carbocycles.